The molecule has 17 heavy (non-hydrogen) atoms. The first-order chi connectivity index (χ1) is 8.15. The molecule has 94 valence electrons. The Balaban J connectivity index is 2.46. The van der Waals surface area contributed by atoms with Crippen molar-refractivity contribution in [2.45, 2.75) is 13.0 Å². The van der Waals surface area contributed by atoms with Crippen LogP contribution in [0.15, 0.2) is 24.3 Å². The van der Waals surface area contributed by atoms with E-state index in [0.717, 1.165) is 5.69 Å². The van der Waals surface area contributed by atoms with Crippen molar-refractivity contribution in [3.05, 3.63) is 29.3 Å². The molecule has 0 heterocycles. The summed E-state index contributed by atoms with van der Waals surface area (Å²) in [6.07, 6.45) is 0. The average Bonchev–Trinajstić information content (AvgIpc) is 2.32. The second kappa shape index (κ2) is 7.14. The van der Waals surface area contributed by atoms with Gasteiger partial charge in [0.1, 0.15) is 6.04 Å². The molecule has 2 N–H and O–H groups in total. The van der Waals surface area contributed by atoms with Crippen molar-refractivity contribution in [2.75, 3.05) is 25.6 Å². The lowest BCUT2D eigenvalue weighted by Crippen LogP contribution is -2.39. The summed E-state index contributed by atoms with van der Waals surface area (Å²) in [6.45, 7) is 2.79. The molecule has 0 saturated heterocycles. The van der Waals surface area contributed by atoms with Gasteiger partial charge in [0, 0.05) is 13.7 Å². The maximum absolute atomic E-state index is 11.7. The third-order valence-electron chi connectivity index (χ3n) is 2.24. The number of halogens is 1. The number of hydrogen-bond donors (Lipinski definition) is 2. The van der Waals surface area contributed by atoms with Gasteiger partial charge in [0.05, 0.1) is 17.3 Å². The molecule has 0 radical (unpaired) electrons. The molecule has 1 amide bonds. The first-order valence-corrected chi connectivity index (χ1v) is 5.80. The highest BCUT2D eigenvalue weighted by atomic mass is 35.5. The zero-order valence-electron chi connectivity index (χ0n) is 10.00. The number of carbonyl (C=O) groups is 1. The summed E-state index contributed by atoms with van der Waals surface area (Å²) in [7, 11) is 1.59. The maximum Gasteiger partial charge on any atom is 0.242 e. The number of para-hydroxylation sites is 1. The van der Waals surface area contributed by atoms with Crippen LogP contribution in [0.5, 0.6) is 0 Å². The summed E-state index contributed by atoms with van der Waals surface area (Å²) in [5, 5.41) is 6.41. The lowest BCUT2D eigenvalue weighted by molar-refractivity contribution is -0.121. The van der Waals surface area contributed by atoms with Crippen LogP contribution in [0.2, 0.25) is 5.02 Å². The van der Waals surface area contributed by atoms with Crippen LogP contribution in [-0.2, 0) is 9.53 Å². The second-order valence-electron chi connectivity index (χ2n) is 3.63. The van der Waals surface area contributed by atoms with Gasteiger partial charge in [-0.2, -0.15) is 0 Å². The number of ether oxygens (including phenoxy) is 1. The number of benzene rings is 1. The molecule has 0 aliphatic heterocycles. The normalized spacial score (nSPS) is 11.9. The Morgan fingerprint density at radius 3 is 2.82 bits per heavy atom. The summed E-state index contributed by atoms with van der Waals surface area (Å²) in [5.41, 5.74) is 0.753. The zero-order valence-corrected chi connectivity index (χ0v) is 10.8. The van der Waals surface area contributed by atoms with Gasteiger partial charge in [0.2, 0.25) is 5.91 Å². The minimum absolute atomic E-state index is 0.0815. The Hall–Kier alpha value is -1.26. The van der Waals surface area contributed by atoms with Gasteiger partial charge < -0.3 is 15.4 Å². The van der Waals surface area contributed by atoms with Crippen LogP contribution in [0, 0.1) is 0 Å². The standard InChI is InChI=1S/C12H17ClN2O2/c1-9(12(16)14-7-8-17-2)15-11-6-4-3-5-10(11)13/h3-6,9,15H,7-8H2,1-2H3,(H,14,16). The van der Waals surface area contributed by atoms with Crippen LogP contribution < -0.4 is 10.6 Å². The predicted molar refractivity (Wildman–Crippen MR) is 69.4 cm³/mol. The number of methoxy groups -OCH3 is 1. The topological polar surface area (TPSA) is 50.4 Å². The molecule has 1 aromatic rings. The molecular formula is C12H17ClN2O2. The summed E-state index contributed by atoms with van der Waals surface area (Å²) in [4.78, 5) is 11.7. The maximum atomic E-state index is 11.7. The summed E-state index contributed by atoms with van der Waals surface area (Å²) in [5.74, 6) is -0.0815. The van der Waals surface area contributed by atoms with Crippen LogP contribution >= 0.6 is 11.6 Å². The van der Waals surface area contributed by atoms with Crippen molar-refractivity contribution in [3.8, 4) is 0 Å². The second-order valence-corrected chi connectivity index (χ2v) is 4.04. The zero-order chi connectivity index (χ0) is 12.7. The van der Waals surface area contributed by atoms with E-state index in [9.17, 15) is 4.79 Å². The molecule has 5 heteroatoms. The molecule has 4 nitrogen and oxygen atoms in total. The smallest absolute Gasteiger partial charge is 0.242 e. The molecule has 0 aromatic heterocycles. The van der Waals surface area contributed by atoms with Crippen molar-refractivity contribution in [1.82, 2.24) is 5.32 Å². The Kier molecular flexibility index (Phi) is 5.80. The predicted octanol–water partition coefficient (Wildman–Crippen LogP) is 1.90. The summed E-state index contributed by atoms with van der Waals surface area (Å²) in [6, 6.07) is 6.98. The van der Waals surface area contributed by atoms with E-state index in [1.54, 1.807) is 20.1 Å². The fraction of sp³-hybridized carbons (Fsp3) is 0.417. The fourth-order valence-electron chi connectivity index (χ4n) is 1.31. The molecule has 0 fully saturated rings. The lowest BCUT2D eigenvalue weighted by atomic mass is 10.2. The number of anilines is 1. The first kappa shape index (κ1) is 13.8. The van der Waals surface area contributed by atoms with E-state index in [4.69, 9.17) is 16.3 Å². The number of amides is 1. The lowest BCUT2D eigenvalue weighted by Gasteiger charge is -2.15. The van der Waals surface area contributed by atoms with Gasteiger partial charge in [-0.15, -0.1) is 0 Å². The van der Waals surface area contributed by atoms with E-state index >= 15 is 0 Å². The Bertz CT molecular complexity index is 371. The van der Waals surface area contributed by atoms with Crippen molar-refractivity contribution in [3.63, 3.8) is 0 Å². The van der Waals surface area contributed by atoms with Crippen LogP contribution in [0.3, 0.4) is 0 Å². The summed E-state index contributed by atoms with van der Waals surface area (Å²) >= 11 is 5.99. The van der Waals surface area contributed by atoms with Gasteiger partial charge in [-0.25, -0.2) is 0 Å². The van der Waals surface area contributed by atoms with Gasteiger partial charge in [-0.1, -0.05) is 23.7 Å². The number of carbonyl (C=O) groups excluding carboxylic acids is 1. The van der Waals surface area contributed by atoms with Gasteiger partial charge in [-0.3, -0.25) is 4.79 Å². The van der Waals surface area contributed by atoms with Gasteiger partial charge in [0.25, 0.3) is 0 Å². The highest BCUT2D eigenvalue weighted by molar-refractivity contribution is 6.33. The van der Waals surface area contributed by atoms with E-state index in [0.29, 0.717) is 18.2 Å². The Labute approximate surface area is 106 Å². The minimum Gasteiger partial charge on any atom is -0.383 e. The van der Waals surface area contributed by atoms with Crippen LogP contribution in [0.1, 0.15) is 6.92 Å². The molecule has 0 spiro atoms. The van der Waals surface area contributed by atoms with E-state index in [1.165, 1.54) is 0 Å². The SMILES string of the molecule is COCCNC(=O)C(C)Nc1ccccc1Cl. The van der Waals surface area contributed by atoms with Gasteiger partial charge in [0.15, 0.2) is 0 Å². The highest BCUT2D eigenvalue weighted by Crippen LogP contribution is 2.21. The number of rotatable bonds is 6. The van der Waals surface area contributed by atoms with Crippen LogP contribution in [0.4, 0.5) is 5.69 Å². The van der Waals surface area contributed by atoms with E-state index in [-0.39, 0.29) is 11.9 Å². The van der Waals surface area contributed by atoms with Crippen molar-refractivity contribution in [1.29, 1.82) is 0 Å². The minimum atomic E-state index is -0.341. The summed E-state index contributed by atoms with van der Waals surface area (Å²) < 4.78 is 4.85. The molecule has 1 unspecified atom stereocenters. The van der Waals surface area contributed by atoms with Gasteiger partial charge >= 0.3 is 0 Å². The number of hydrogen-bond acceptors (Lipinski definition) is 3. The van der Waals surface area contributed by atoms with E-state index < -0.39 is 0 Å². The molecule has 0 aliphatic rings. The van der Waals surface area contributed by atoms with Crippen molar-refractivity contribution in [2.24, 2.45) is 0 Å². The van der Waals surface area contributed by atoms with E-state index in [1.807, 2.05) is 18.2 Å². The molecule has 0 aliphatic carbocycles. The molecule has 1 rings (SSSR count). The molecule has 0 saturated carbocycles. The highest BCUT2D eigenvalue weighted by Gasteiger charge is 2.12. The van der Waals surface area contributed by atoms with E-state index in [2.05, 4.69) is 10.6 Å². The van der Waals surface area contributed by atoms with Crippen LogP contribution in [0.25, 0.3) is 0 Å². The Morgan fingerprint density at radius 1 is 1.47 bits per heavy atom. The quantitative estimate of drug-likeness (QED) is 0.765. The van der Waals surface area contributed by atoms with Crippen molar-refractivity contribution < 1.29 is 9.53 Å². The number of nitrogens with one attached hydrogen (secondary N) is 2. The molecule has 0 bridgehead atoms. The fourth-order valence-corrected chi connectivity index (χ4v) is 1.50. The average molecular weight is 257 g/mol. The van der Waals surface area contributed by atoms with Crippen LogP contribution in [-0.4, -0.2) is 32.2 Å². The molecule has 1 atom stereocenters. The van der Waals surface area contributed by atoms with Crippen molar-refractivity contribution >= 4 is 23.2 Å². The third kappa shape index (κ3) is 4.63. The largest absolute Gasteiger partial charge is 0.383 e. The van der Waals surface area contributed by atoms with Gasteiger partial charge in [-0.05, 0) is 19.1 Å². The monoisotopic (exact) mass is 256 g/mol. The Morgan fingerprint density at radius 2 is 2.18 bits per heavy atom. The molecular weight excluding hydrogens is 240 g/mol. The molecule has 1 aromatic carbocycles. The first-order valence-electron chi connectivity index (χ1n) is 5.43. The third-order valence-corrected chi connectivity index (χ3v) is 2.57.